The van der Waals surface area contributed by atoms with Crippen molar-refractivity contribution in [1.82, 2.24) is 20.3 Å². The van der Waals surface area contributed by atoms with Crippen molar-refractivity contribution < 1.29 is 4.79 Å². The lowest BCUT2D eigenvalue weighted by atomic mass is 10.2. The minimum atomic E-state index is -0.324. The summed E-state index contributed by atoms with van der Waals surface area (Å²) in [6.07, 6.45) is 2.99. The zero-order valence-electron chi connectivity index (χ0n) is 10.2. The highest BCUT2D eigenvalue weighted by atomic mass is 35.5. The molecule has 3 N–H and O–H groups in total. The molecule has 0 aliphatic carbocycles. The van der Waals surface area contributed by atoms with Crippen LogP contribution in [-0.2, 0) is 6.54 Å². The van der Waals surface area contributed by atoms with Crippen LogP contribution in [0.4, 0.5) is 5.82 Å². The summed E-state index contributed by atoms with van der Waals surface area (Å²) in [6, 6.07) is 3.17. The highest BCUT2D eigenvalue weighted by Crippen LogP contribution is 2.16. The summed E-state index contributed by atoms with van der Waals surface area (Å²) < 4.78 is 0. The quantitative estimate of drug-likeness (QED) is 0.883. The van der Waals surface area contributed by atoms with E-state index in [0.717, 1.165) is 5.69 Å². The molecule has 0 unspecified atom stereocenters. The Morgan fingerprint density at radius 3 is 3.00 bits per heavy atom. The second-order valence-corrected chi connectivity index (χ2v) is 4.27. The van der Waals surface area contributed by atoms with E-state index in [1.165, 1.54) is 12.3 Å². The number of anilines is 1. The molecule has 0 aromatic carbocycles. The van der Waals surface area contributed by atoms with Gasteiger partial charge in [-0.05, 0) is 19.1 Å². The van der Waals surface area contributed by atoms with Gasteiger partial charge in [0.1, 0.15) is 11.6 Å². The van der Waals surface area contributed by atoms with Crippen molar-refractivity contribution in [3.05, 3.63) is 46.6 Å². The maximum atomic E-state index is 12.0. The van der Waals surface area contributed by atoms with Crippen molar-refractivity contribution in [2.75, 3.05) is 5.73 Å². The van der Waals surface area contributed by atoms with E-state index in [-0.39, 0.29) is 16.7 Å². The fraction of sp³-hybridized carbons (Fsp3) is 0.167. The van der Waals surface area contributed by atoms with Gasteiger partial charge in [-0.1, -0.05) is 11.6 Å². The Kier molecular flexibility index (Phi) is 3.91. The SMILES string of the molecule is Cc1nccc(CNC(=O)c2cc(N)ncc2Cl)n1. The van der Waals surface area contributed by atoms with Crippen molar-refractivity contribution in [1.29, 1.82) is 0 Å². The lowest BCUT2D eigenvalue weighted by Crippen LogP contribution is -2.24. The van der Waals surface area contributed by atoms with Gasteiger partial charge < -0.3 is 11.1 Å². The number of amides is 1. The fourth-order valence-electron chi connectivity index (χ4n) is 1.50. The van der Waals surface area contributed by atoms with Crippen LogP contribution in [0.25, 0.3) is 0 Å². The van der Waals surface area contributed by atoms with Crippen molar-refractivity contribution in [2.24, 2.45) is 0 Å². The summed E-state index contributed by atoms with van der Waals surface area (Å²) in [5.41, 5.74) is 6.53. The van der Waals surface area contributed by atoms with Crippen LogP contribution < -0.4 is 11.1 Å². The number of aromatic nitrogens is 3. The van der Waals surface area contributed by atoms with Gasteiger partial charge in [0, 0.05) is 12.4 Å². The lowest BCUT2D eigenvalue weighted by Gasteiger charge is -2.07. The molecule has 98 valence electrons. The van der Waals surface area contributed by atoms with E-state index < -0.39 is 0 Å². The molecule has 0 saturated heterocycles. The molecule has 2 heterocycles. The first kappa shape index (κ1) is 13.2. The lowest BCUT2D eigenvalue weighted by molar-refractivity contribution is 0.0950. The smallest absolute Gasteiger partial charge is 0.253 e. The van der Waals surface area contributed by atoms with Crippen molar-refractivity contribution >= 4 is 23.3 Å². The molecular weight excluding hydrogens is 266 g/mol. The van der Waals surface area contributed by atoms with Crippen molar-refractivity contribution in [2.45, 2.75) is 13.5 Å². The summed E-state index contributed by atoms with van der Waals surface area (Å²) in [4.78, 5) is 23.9. The van der Waals surface area contributed by atoms with E-state index in [1.807, 2.05) is 0 Å². The predicted molar refractivity (Wildman–Crippen MR) is 71.6 cm³/mol. The molecule has 0 bridgehead atoms. The van der Waals surface area contributed by atoms with Crippen molar-refractivity contribution in [3.63, 3.8) is 0 Å². The minimum Gasteiger partial charge on any atom is -0.384 e. The number of carbonyl (C=O) groups is 1. The Bertz CT molecular complexity index is 617. The van der Waals surface area contributed by atoms with Gasteiger partial charge in [-0.15, -0.1) is 0 Å². The molecule has 6 nitrogen and oxygen atoms in total. The molecule has 2 rings (SSSR count). The van der Waals surface area contributed by atoms with E-state index in [1.54, 1.807) is 19.2 Å². The number of halogens is 1. The van der Waals surface area contributed by atoms with Gasteiger partial charge in [-0.3, -0.25) is 4.79 Å². The van der Waals surface area contributed by atoms with Gasteiger partial charge in [0.05, 0.1) is 22.8 Å². The van der Waals surface area contributed by atoms with Crippen LogP contribution in [0, 0.1) is 6.92 Å². The topological polar surface area (TPSA) is 93.8 Å². The molecule has 0 atom stereocenters. The van der Waals surface area contributed by atoms with Crippen molar-refractivity contribution in [3.8, 4) is 0 Å². The van der Waals surface area contributed by atoms with Gasteiger partial charge in [-0.2, -0.15) is 0 Å². The number of pyridine rings is 1. The average Bonchev–Trinajstić information content (AvgIpc) is 2.39. The zero-order chi connectivity index (χ0) is 13.8. The first-order valence-electron chi connectivity index (χ1n) is 5.54. The first-order chi connectivity index (χ1) is 9.06. The monoisotopic (exact) mass is 277 g/mol. The van der Waals surface area contributed by atoms with E-state index in [9.17, 15) is 4.79 Å². The van der Waals surface area contributed by atoms with Crippen LogP contribution in [-0.4, -0.2) is 20.9 Å². The summed E-state index contributed by atoms with van der Waals surface area (Å²) in [6.45, 7) is 2.08. The molecule has 1 amide bonds. The summed E-state index contributed by atoms with van der Waals surface area (Å²) >= 11 is 5.89. The Morgan fingerprint density at radius 2 is 2.26 bits per heavy atom. The molecule has 19 heavy (non-hydrogen) atoms. The third-order valence-electron chi connectivity index (χ3n) is 2.38. The Morgan fingerprint density at radius 1 is 1.47 bits per heavy atom. The van der Waals surface area contributed by atoms with Crippen LogP contribution in [0.15, 0.2) is 24.5 Å². The molecule has 7 heteroatoms. The molecule has 0 aliphatic rings. The molecule has 2 aromatic heterocycles. The number of nitrogens with two attached hydrogens (primary N) is 1. The second-order valence-electron chi connectivity index (χ2n) is 3.87. The number of carbonyl (C=O) groups excluding carboxylic acids is 1. The van der Waals surface area contributed by atoms with Gasteiger partial charge in [-0.25, -0.2) is 15.0 Å². The molecule has 0 radical (unpaired) electrons. The van der Waals surface area contributed by atoms with E-state index in [4.69, 9.17) is 17.3 Å². The van der Waals surface area contributed by atoms with Gasteiger partial charge >= 0.3 is 0 Å². The summed E-state index contributed by atoms with van der Waals surface area (Å²) in [5.74, 6) is 0.570. The third-order valence-corrected chi connectivity index (χ3v) is 2.69. The van der Waals surface area contributed by atoms with E-state index >= 15 is 0 Å². The highest BCUT2D eigenvalue weighted by Gasteiger charge is 2.11. The number of hydrogen-bond acceptors (Lipinski definition) is 5. The van der Waals surface area contributed by atoms with Crippen LogP contribution in [0.5, 0.6) is 0 Å². The largest absolute Gasteiger partial charge is 0.384 e. The number of hydrogen-bond donors (Lipinski definition) is 2. The molecule has 0 spiro atoms. The number of nitrogens with one attached hydrogen (secondary N) is 1. The fourth-order valence-corrected chi connectivity index (χ4v) is 1.69. The molecule has 0 aliphatic heterocycles. The predicted octanol–water partition coefficient (Wildman–Crippen LogP) is 1.35. The second kappa shape index (κ2) is 5.62. The average molecular weight is 278 g/mol. The molecule has 2 aromatic rings. The highest BCUT2D eigenvalue weighted by molar-refractivity contribution is 6.33. The standard InChI is InChI=1S/C12H12ClN5O/c1-7-15-3-2-8(18-7)5-17-12(19)9-4-11(14)16-6-10(9)13/h2-4,6H,5H2,1H3,(H2,14,16)(H,17,19). The minimum absolute atomic E-state index is 0.243. The number of rotatable bonds is 3. The third kappa shape index (κ3) is 3.38. The van der Waals surface area contributed by atoms with E-state index in [0.29, 0.717) is 17.9 Å². The van der Waals surface area contributed by atoms with Crippen LogP contribution in [0.3, 0.4) is 0 Å². The van der Waals surface area contributed by atoms with E-state index in [2.05, 4.69) is 20.3 Å². The van der Waals surface area contributed by atoms with Gasteiger partial charge in [0.2, 0.25) is 0 Å². The maximum absolute atomic E-state index is 12.0. The molecule has 0 fully saturated rings. The maximum Gasteiger partial charge on any atom is 0.253 e. The summed E-state index contributed by atoms with van der Waals surface area (Å²) in [7, 11) is 0. The molecule has 0 saturated carbocycles. The summed E-state index contributed by atoms with van der Waals surface area (Å²) in [5, 5.41) is 2.97. The normalized spacial score (nSPS) is 10.2. The number of aryl methyl sites for hydroxylation is 1. The van der Waals surface area contributed by atoms with Crippen LogP contribution in [0.1, 0.15) is 21.9 Å². The number of nitrogen functional groups attached to an aromatic ring is 1. The Labute approximate surface area is 115 Å². The molecular formula is C12H12ClN5O. The van der Waals surface area contributed by atoms with Gasteiger partial charge in [0.25, 0.3) is 5.91 Å². The Hall–Kier alpha value is -2.21. The van der Waals surface area contributed by atoms with Crippen LogP contribution >= 0.6 is 11.6 Å². The number of nitrogens with zero attached hydrogens (tertiary/aromatic N) is 3. The first-order valence-corrected chi connectivity index (χ1v) is 5.92. The Balaban J connectivity index is 2.07. The zero-order valence-corrected chi connectivity index (χ0v) is 11.0. The van der Waals surface area contributed by atoms with Crippen LogP contribution in [0.2, 0.25) is 5.02 Å². The van der Waals surface area contributed by atoms with Gasteiger partial charge in [0.15, 0.2) is 0 Å².